The Morgan fingerprint density at radius 1 is 0.913 bits per heavy atom. The van der Waals surface area contributed by atoms with Crippen LogP contribution in [0.4, 0.5) is 4.79 Å². The molecule has 0 bridgehead atoms. The molecule has 69 heavy (non-hydrogen) atoms. The fraction of sp³-hybridized carbons (Fsp3) is 0.463. The van der Waals surface area contributed by atoms with Crippen LogP contribution in [0, 0.1) is 0 Å². The first-order valence-electron chi connectivity index (χ1n) is 20.7. The van der Waals surface area contributed by atoms with Crippen molar-refractivity contribution in [2.45, 2.75) is 89.9 Å². The van der Waals surface area contributed by atoms with Gasteiger partial charge in [-0.25, -0.2) is 27.6 Å². The van der Waals surface area contributed by atoms with E-state index in [1.807, 2.05) is 0 Å². The lowest BCUT2D eigenvalue weighted by Gasteiger charge is -2.49. The molecule has 28 heteroatoms. The molecule has 25 nitrogen and oxygen atoms in total. The number of sulfone groups is 1. The van der Waals surface area contributed by atoms with Crippen LogP contribution >= 0.6 is 23.5 Å². The van der Waals surface area contributed by atoms with Crippen LogP contribution in [0.15, 0.2) is 69.6 Å². The highest BCUT2D eigenvalue weighted by Crippen LogP contribution is 2.51. The number of furan rings is 1. The third kappa shape index (κ3) is 8.95. The van der Waals surface area contributed by atoms with E-state index in [4.69, 9.17) is 25.4 Å². The molecule has 6 aliphatic rings. The summed E-state index contributed by atoms with van der Waals surface area (Å²) in [4.78, 5) is 119. The molecule has 370 valence electrons. The SMILES string of the molecule is CC1(C)S[C@@H]2[C@H](NC(=O)[C@H](N)c3ccccc3)C(=O)N2[C@H]1C(=O)OCOC(=O)[C@@H]1N2C(=O)C[C@H]2S(=O)(=O)C1(C)C.CO/N=C(\C(=O)N[C@@H]1C(=O)N2C(C(=O)O)=C(COC(N)=O)CS[C@H]12)c1ccco1. The molecule has 1 aromatic carbocycles. The number of nitrogens with zero attached hydrogens (tertiary/aromatic N) is 4. The maximum absolute atomic E-state index is 13.0. The van der Waals surface area contributed by atoms with Crippen LogP contribution in [0.5, 0.6) is 0 Å². The molecule has 0 aliphatic carbocycles. The molecule has 5 fully saturated rings. The number of oxime groups is 1. The van der Waals surface area contributed by atoms with Crippen LogP contribution in [-0.2, 0) is 67.2 Å². The van der Waals surface area contributed by atoms with Gasteiger partial charge in [-0.2, -0.15) is 0 Å². The maximum atomic E-state index is 13.0. The predicted molar refractivity (Wildman–Crippen MR) is 238 cm³/mol. The monoisotopic (exact) mass is 1020 g/mol. The maximum Gasteiger partial charge on any atom is 0.404 e. The van der Waals surface area contributed by atoms with E-state index in [1.54, 1.807) is 50.2 Å². The average Bonchev–Trinajstić information content (AvgIpc) is 3.95. The van der Waals surface area contributed by atoms with Gasteiger partial charge < -0.3 is 60.5 Å². The number of esters is 2. The number of carboxylic acid groups (broad SMARTS) is 1. The van der Waals surface area contributed by atoms with E-state index < -0.39 is 126 Å². The number of ether oxygens (including phenoxy) is 3. The molecule has 0 unspecified atom stereocenters. The Morgan fingerprint density at radius 2 is 1.57 bits per heavy atom. The number of carboxylic acids is 1. The number of thioether (sulfide) groups is 2. The van der Waals surface area contributed by atoms with Gasteiger partial charge in [0.2, 0.25) is 30.2 Å². The second kappa shape index (κ2) is 19.0. The zero-order valence-corrected chi connectivity index (χ0v) is 39.7. The van der Waals surface area contributed by atoms with Gasteiger partial charge >= 0.3 is 24.0 Å². The van der Waals surface area contributed by atoms with Gasteiger partial charge in [0.15, 0.2) is 15.6 Å². The molecule has 1 aromatic heterocycles. The van der Waals surface area contributed by atoms with Crippen LogP contribution < -0.4 is 22.1 Å². The summed E-state index contributed by atoms with van der Waals surface area (Å²) >= 11 is 2.53. The number of aliphatic carboxylic acids is 1. The number of fused-ring (bicyclic) bond motifs is 3. The molecule has 0 spiro atoms. The molecule has 6 amide bonds. The lowest BCUT2D eigenvalue weighted by atomic mass is 9.95. The molecule has 8 atom stereocenters. The Bertz CT molecular complexity index is 2660. The van der Waals surface area contributed by atoms with E-state index in [0.29, 0.717) is 5.56 Å². The second-order valence-corrected chi connectivity index (χ2v) is 22.6. The first-order chi connectivity index (χ1) is 32.5. The van der Waals surface area contributed by atoms with Gasteiger partial charge in [-0.3, -0.25) is 28.9 Å². The lowest BCUT2D eigenvalue weighted by molar-refractivity contribution is -0.181. The van der Waals surface area contributed by atoms with E-state index in [9.17, 15) is 56.7 Å². The number of rotatable bonds is 14. The number of hydrogen-bond acceptors (Lipinski definition) is 20. The zero-order valence-electron chi connectivity index (χ0n) is 37.2. The van der Waals surface area contributed by atoms with E-state index in [2.05, 4.69) is 25.4 Å². The van der Waals surface area contributed by atoms with E-state index >= 15 is 0 Å². The standard InChI is InChI=1S/C25H30N4O9S2.C16H16N4O8S/c1-24(2)17(29-20(32)16(21(29)39-24)27-19(31)15(26)12-8-6-5-7-9-12)22(33)37-11-38-23(34)18-25(3,4)40(35,36)14-10-13(30)28(14)18;1-26-19-9(8-3-2-4-27-8)12(21)18-10-13(22)20-11(15(23)24)7(5-28-16(17)25)6-29-14(10)20/h5-9,14-18,21H,10-11,26H2,1-4H3,(H,27,31);2-4,10,14H,5-6H2,1H3,(H2,17,25)(H,18,21)(H,23,24)/b;19-9-/t14-,15-,16-,17+,18+,21-;10-,14-/m11/s1. The molecule has 0 radical (unpaired) electrons. The van der Waals surface area contributed by atoms with Crippen LogP contribution in [0.25, 0.3) is 0 Å². The van der Waals surface area contributed by atoms with E-state index in [-0.39, 0.29) is 41.5 Å². The van der Waals surface area contributed by atoms with Crippen LogP contribution in [0.3, 0.4) is 0 Å². The molecule has 8 rings (SSSR count). The van der Waals surface area contributed by atoms with E-state index in [1.165, 1.54) is 61.7 Å². The number of nitrogens with one attached hydrogen (secondary N) is 2. The summed E-state index contributed by atoms with van der Waals surface area (Å²) in [5.74, 6) is -5.70. The molecular weight excluding hydrogens is 973 g/mol. The molecule has 2 aromatic rings. The third-order valence-electron chi connectivity index (χ3n) is 12.1. The summed E-state index contributed by atoms with van der Waals surface area (Å²) in [6, 6.07) is 6.53. The predicted octanol–water partition coefficient (Wildman–Crippen LogP) is -1.12. The van der Waals surface area contributed by atoms with Crippen LogP contribution in [0.2, 0.25) is 0 Å². The largest absolute Gasteiger partial charge is 0.477 e. The quantitative estimate of drug-likeness (QED) is 0.0492. The minimum atomic E-state index is -3.80. The van der Waals surface area contributed by atoms with Gasteiger partial charge in [-0.05, 0) is 45.4 Å². The number of carbonyl (C=O) groups is 9. The highest BCUT2D eigenvalue weighted by molar-refractivity contribution is 8.01. The lowest BCUT2D eigenvalue weighted by Crippen LogP contribution is -2.71. The van der Waals surface area contributed by atoms with Gasteiger partial charge in [0.1, 0.15) is 65.7 Å². The number of hydrogen-bond donors (Lipinski definition) is 5. The number of amides is 6. The molecule has 7 heterocycles. The highest BCUT2D eigenvalue weighted by Gasteiger charge is 2.69. The molecule has 5 saturated heterocycles. The Hall–Kier alpha value is -6.65. The van der Waals surface area contributed by atoms with Gasteiger partial charge in [0.05, 0.1) is 17.4 Å². The number of benzene rings is 1. The van der Waals surface area contributed by atoms with Crippen molar-refractivity contribution in [3.63, 3.8) is 0 Å². The van der Waals surface area contributed by atoms with Crippen molar-refractivity contribution in [3.05, 3.63) is 71.3 Å². The highest BCUT2D eigenvalue weighted by atomic mass is 32.2. The van der Waals surface area contributed by atoms with Crippen molar-refractivity contribution in [1.82, 2.24) is 25.3 Å². The summed E-state index contributed by atoms with van der Waals surface area (Å²) in [7, 11) is -2.55. The van der Waals surface area contributed by atoms with E-state index in [0.717, 1.165) is 9.80 Å². The molecule has 0 saturated carbocycles. The Kier molecular flexibility index (Phi) is 13.9. The molecule has 6 aliphatic heterocycles. The summed E-state index contributed by atoms with van der Waals surface area (Å²) < 4.78 is 43.1. The van der Waals surface area contributed by atoms with Crippen molar-refractivity contribution in [1.29, 1.82) is 0 Å². The Labute approximate surface area is 400 Å². The number of β-lactam (4-membered cyclic amide) rings is 3. The minimum absolute atomic E-state index is 0.140. The van der Waals surface area contributed by atoms with Crippen molar-refractivity contribution in [2.75, 3.05) is 26.3 Å². The van der Waals surface area contributed by atoms with Gasteiger partial charge in [-0.1, -0.05) is 35.5 Å². The minimum Gasteiger partial charge on any atom is -0.477 e. The summed E-state index contributed by atoms with van der Waals surface area (Å²) in [6.07, 6.45) is 0.0990. The first-order valence-corrected chi connectivity index (χ1v) is 24.2. The average molecular weight is 1020 g/mol. The third-order valence-corrected chi connectivity index (χ3v) is 17.8. The Morgan fingerprint density at radius 3 is 2.16 bits per heavy atom. The van der Waals surface area contributed by atoms with Crippen LogP contribution in [-0.4, -0.2) is 164 Å². The van der Waals surface area contributed by atoms with Crippen molar-refractivity contribution in [2.24, 2.45) is 16.6 Å². The van der Waals surface area contributed by atoms with Gasteiger partial charge in [0, 0.05) is 16.1 Å². The number of primary amides is 1. The summed E-state index contributed by atoms with van der Waals surface area (Å²) in [5.41, 5.74) is 11.3. The fourth-order valence-electron chi connectivity index (χ4n) is 8.56. The molecular formula is C41H46N8O17S3. The zero-order chi connectivity index (χ0) is 50.5. The Balaban J connectivity index is 0.000000215. The van der Waals surface area contributed by atoms with Crippen molar-refractivity contribution < 1.29 is 80.1 Å². The van der Waals surface area contributed by atoms with Crippen molar-refractivity contribution >= 4 is 92.6 Å². The first kappa shape index (κ1) is 50.2. The topological polar surface area (TPSA) is 356 Å². The number of carbonyl (C=O) groups excluding carboxylic acids is 8. The van der Waals surface area contributed by atoms with Crippen LogP contribution in [0.1, 0.15) is 51.5 Å². The number of nitrogens with two attached hydrogens (primary N) is 2. The smallest absolute Gasteiger partial charge is 0.404 e. The molecule has 7 N–H and O–H groups in total. The van der Waals surface area contributed by atoms with Crippen molar-refractivity contribution in [3.8, 4) is 0 Å². The normalized spacial score (nSPS) is 27.0. The second-order valence-electron chi connectivity index (χ2n) is 17.0. The summed E-state index contributed by atoms with van der Waals surface area (Å²) in [5, 5.41) is 16.1. The summed E-state index contributed by atoms with van der Waals surface area (Å²) in [6.45, 7) is 5.02. The van der Waals surface area contributed by atoms with Gasteiger partial charge in [0.25, 0.3) is 11.8 Å². The van der Waals surface area contributed by atoms with Gasteiger partial charge in [-0.15, -0.1) is 23.5 Å². The fourth-order valence-corrected chi connectivity index (χ4v) is 13.6.